The number of amides is 1. The maximum atomic E-state index is 12.5. The first-order chi connectivity index (χ1) is 10.0. The number of aromatic nitrogens is 1. The molecule has 21 heavy (non-hydrogen) atoms. The van der Waals surface area contributed by atoms with Gasteiger partial charge in [0.15, 0.2) is 0 Å². The molecule has 1 aliphatic rings. The molecule has 1 saturated heterocycles. The Morgan fingerprint density at radius 1 is 1.33 bits per heavy atom. The molecule has 1 aliphatic heterocycles. The normalized spacial score (nSPS) is 17.0. The second-order valence-electron chi connectivity index (χ2n) is 6.08. The van der Waals surface area contributed by atoms with Gasteiger partial charge in [0.05, 0.1) is 5.54 Å². The molecule has 2 rings (SSSR count). The highest BCUT2D eigenvalue weighted by Crippen LogP contribution is 2.12. The maximum Gasteiger partial charge on any atom is 0.242 e. The fraction of sp³-hybridized carbons (Fsp3) is 0.625. The number of hydrogen-bond donors (Lipinski definition) is 1. The Morgan fingerprint density at radius 3 is 2.62 bits per heavy atom. The standard InChI is InChI=1S/C16H26N4O/c1-4-18-16(2,3)15(21)20-10-8-19(9-11-20)13-14-6-5-7-17-12-14/h5-7,12,18H,4,8-11,13H2,1-3H3. The molecular formula is C16H26N4O. The van der Waals surface area contributed by atoms with Crippen molar-refractivity contribution in [2.45, 2.75) is 32.9 Å². The first kappa shape index (κ1) is 15.9. The average molecular weight is 290 g/mol. The van der Waals surface area contributed by atoms with Gasteiger partial charge in [-0.15, -0.1) is 0 Å². The molecule has 2 heterocycles. The van der Waals surface area contributed by atoms with Crippen molar-refractivity contribution in [2.75, 3.05) is 32.7 Å². The third-order valence-electron chi connectivity index (χ3n) is 3.94. The third kappa shape index (κ3) is 4.25. The average Bonchev–Trinajstić information content (AvgIpc) is 2.48. The molecular weight excluding hydrogens is 264 g/mol. The van der Waals surface area contributed by atoms with E-state index in [1.54, 1.807) is 6.20 Å². The Hall–Kier alpha value is -1.46. The van der Waals surface area contributed by atoms with Crippen LogP contribution in [0.1, 0.15) is 26.3 Å². The monoisotopic (exact) mass is 290 g/mol. The van der Waals surface area contributed by atoms with E-state index in [0.29, 0.717) is 0 Å². The molecule has 0 unspecified atom stereocenters. The Bertz CT molecular complexity index is 453. The molecule has 5 nitrogen and oxygen atoms in total. The summed E-state index contributed by atoms with van der Waals surface area (Å²) in [6.07, 6.45) is 3.70. The first-order valence-corrected chi connectivity index (χ1v) is 7.68. The lowest BCUT2D eigenvalue weighted by Crippen LogP contribution is -2.58. The number of nitrogens with zero attached hydrogens (tertiary/aromatic N) is 3. The zero-order chi connectivity index (χ0) is 15.3. The minimum Gasteiger partial charge on any atom is -0.339 e. The Balaban J connectivity index is 1.84. The van der Waals surface area contributed by atoms with Gasteiger partial charge in [0.2, 0.25) is 5.91 Å². The summed E-state index contributed by atoms with van der Waals surface area (Å²) in [6.45, 7) is 11.1. The molecule has 0 radical (unpaired) electrons. The van der Waals surface area contributed by atoms with Crippen molar-refractivity contribution >= 4 is 5.91 Å². The van der Waals surface area contributed by atoms with Crippen LogP contribution in [0, 0.1) is 0 Å². The van der Waals surface area contributed by atoms with Crippen LogP contribution in [0.25, 0.3) is 0 Å². The topological polar surface area (TPSA) is 48.5 Å². The largest absolute Gasteiger partial charge is 0.339 e. The van der Waals surface area contributed by atoms with Crippen LogP contribution in [0.3, 0.4) is 0 Å². The quantitative estimate of drug-likeness (QED) is 0.883. The van der Waals surface area contributed by atoms with Gasteiger partial charge < -0.3 is 10.2 Å². The lowest BCUT2D eigenvalue weighted by atomic mass is 10.0. The van der Waals surface area contributed by atoms with Gasteiger partial charge in [-0.2, -0.15) is 0 Å². The predicted octanol–water partition coefficient (Wildman–Crippen LogP) is 1.11. The Kier molecular flexibility index (Phi) is 5.31. The molecule has 1 fully saturated rings. The third-order valence-corrected chi connectivity index (χ3v) is 3.94. The summed E-state index contributed by atoms with van der Waals surface area (Å²) >= 11 is 0. The number of piperazine rings is 1. The van der Waals surface area contributed by atoms with Gasteiger partial charge in [0.1, 0.15) is 0 Å². The van der Waals surface area contributed by atoms with Gasteiger partial charge in [0.25, 0.3) is 0 Å². The highest BCUT2D eigenvalue weighted by molar-refractivity contribution is 5.85. The van der Waals surface area contributed by atoms with Gasteiger partial charge in [-0.3, -0.25) is 14.7 Å². The molecule has 1 aromatic heterocycles. The van der Waals surface area contributed by atoms with Crippen LogP contribution in [0.4, 0.5) is 0 Å². The number of likely N-dealkylation sites (N-methyl/N-ethyl adjacent to an activating group) is 1. The van der Waals surface area contributed by atoms with E-state index >= 15 is 0 Å². The summed E-state index contributed by atoms with van der Waals surface area (Å²) in [4.78, 5) is 21.0. The van der Waals surface area contributed by atoms with Crippen molar-refractivity contribution in [1.82, 2.24) is 20.1 Å². The SMILES string of the molecule is CCNC(C)(C)C(=O)N1CCN(Cc2cccnc2)CC1. The molecule has 0 atom stereocenters. The van der Waals surface area contributed by atoms with Gasteiger partial charge in [-0.05, 0) is 32.0 Å². The van der Waals surface area contributed by atoms with Crippen molar-refractivity contribution in [3.63, 3.8) is 0 Å². The van der Waals surface area contributed by atoms with Gasteiger partial charge in [-0.1, -0.05) is 13.0 Å². The van der Waals surface area contributed by atoms with Crippen molar-refractivity contribution in [2.24, 2.45) is 0 Å². The van der Waals surface area contributed by atoms with Gasteiger partial charge >= 0.3 is 0 Å². The van der Waals surface area contributed by atoms with Crippen LogP contribution in [0.5, 0.6) is 0 Å². The van der Waals surface area contributed by atoms with E-state index in [1.807, 2.05) is 37.9 Å². The van der Waals surface area contributed by atoms with Crippen LogP contribution >= 0.6 is 0 Å². The second-order valence-corrected chi connectivity index (χ2v) is 6.08. The van der Waals surface area contributed by atoms with Crippen LogP contribution < -0.4 is 5.32 Å². The van der Waals surface area contributed by atoms with E-state index in [2.05, 4.69) is 21.3 Å². The lowest BCUT2D eigenvalue weighted by molar-refractivity contribution is -0.139. The molecule has 1 aromatic rings. The van der Waals surface area contributed by atoms with Gasteiger partial charge in [0, 0.05) is 45.1 Å². The zero-order valence-electron chi connectivity index (χ0n) is 13.3. The highest BCUT2D eigenvalue weighted by atomic mass is 16.2. The minimum atomic E-state index is -0.472. The summed E-state index contributed by atoms with van der Waals surface area (Å²) in [5.41, 5.74) is 0.755. The van der Waals surface area contributed by atoms with E-state index < -0.39 is 5.54 Å². The van der Waals surface area contributed by atoms with Crippen molar-refractivity contribution in [3.8, 4) is 0 Å². The summed E-state index contributed by atoms with van der Waals surface area (Å²) in [6, 6.07) is 4.06. The first-order valence-electron chi connectivity index (χ1n) is 7.68. The Labute approximate surface area is 127 Å². The molecule has 0 bridgehead atoms. The number of rotatable bonds is 5. The lowest BCUT2D eigenvalue weighted by Gasteiger charge is -2.38. The molecule has 1 amide bonds. The molecule has 5 heteroatoms. The van der Waals surface area contributed by atoms with Crippen molar-refractivity contribution < 1.29 is 4.79 Å². The Morgan fingerprint density at radius 2 is 2.05 bits per heavy atom. The second kappa shape index (κ2) is 7.00. The van der Waals surface area contributed by atoms with Crippen LogP contribution in [-0.4, -0.2) is 59.0 Å². The van der Waals surface area contributed by atoms with E-state index in [9.17, 15) is 4.79 Å². The van der Waals surface area contributed by atoms with E-state index in [-0.39, 0.29) is 5.91 Å². The molecule has 0 saturated carbocycles. The molecule has 116 valence electrons. The van der Waals surface area contributed by atoms with Gasteiger partial charge in [-0.25, -0.2) is 0 Å². The maximum absolute atomic E-state index is 12.5. The zero-order valence-corrected chi connectivity index (χ0v) is 13.3. The van der Waals surface area contributed by atoms with Crippen molar-refractivity contribution in [1.29, 1.82) is 0 Å². The number of hydrogen-bond acceptors (Lipinski definition) is 4. The highest BCUT2D eigenvalue weighted by Gasteiger charge is 2.32. The van der Waals surface area contributed by atoms with E-state index in [0.717, 1.165) is 39.3 Å². The number of carbonyl (C=O) groups is 1. The number of carbonyl (C=O) groups excluding carboxylic acids is 1. The van der Waals surface area contributed by atoms with E-state index in [4.69, 9.17) is 0 Å². The fourth-order valence-corrected chi connectivity index (χ4v) is 2.77. The van der Waals surface area contributed by atoms with Crippen LogP contribution in [0.2, 0.25) is 0 Å². The number of nitrogens with one attached hydrogen (secondary N) is 1. The predicted molar refractivity (Wildman–Crippen MR) is 83.8 cm³/mol. The summed E-state index contributed by atoms with van der Waals surface area (Å²) < 4.78 is 0. The molecule has 1 N–H and O–H groups in total. The van der Waals surface area contributed by atoms with E-state index in [1.165, 1.54) is 5.56 Å². The van der Waals surface area contributed by atoms with Crippen LogP contribution in [-0.2, 0) is 11.3 Å². The minimum absolute atomic E-state index is 0.199. The van der Waals surface area contributed by atoms with Crippen LogP contribution in [0.15, 0.2) is 24.5 Å². The molecule has 0 aromatic carbocycles. The summed E-state index contributed by atoms with van der Waals surface area (Å²) in [5, 5.41) is 3.26. The number of pyridine rings is 1. The smallest absolute Gasteiger partial charge is 0.242 e. The fourth-order valence-electron chi connectivity index (χ4n) is 2.77. The molecule has 0 aliphatic carbocycles. The summed E-state index contributed by atoms with van der Waals surface area (Å²) in [7, 11) is 0. The summed E-state index contributed by atoms with van der Waals surface area (Å²) in [5.74, 6) is 0.199. The molecule has 0 spiro atoms. The van der Waals surface area contributed by atoms with Crippen molar-refractivity contribution in [3.05, 3.63) is 30.1 Å².